The summed E-state index contributed by atoms with van der Waals surface area (Å²) >= 11 is 7.28. The van der Waals surface area contributed by atoms with Gasteiger partial charge in [-0.05, 0) is 29.8 Å². The first-order valence-corrected chi connectivity index (χ1v) is 7.55. The molecule has 0 aliphatic heterocycles. The predicted molar refractivity (Wildman–Crippen MR) is 85.0 cm³/mol. The van der Waals surface area contributed by atoms with Crippen LogP contribution in [0.3, 0.4) is 0 Å². The summed E-state index contributed by atoms with van der Waals surface area (Å²) in [5, 5.41) is 1.54. The minimum atomic E-state index is 0.618. The molecule has 0 bridgehead atoms. The zero-order valence-corrected chi connectivity index (χ0v) is 12.6. The van der Waals surface area contributed by atoms with Gasteiger partial charge in [-0.3, -0.25) is 9.78 Å². The number of pyridine rings is 1. The molecule has 1 aromatic carbocycles. The Hall–Kier alpha value is -2.04. The molecule has 0 amide bonds. The second-order valence-corrected chi connectivity index (χ2v) is 5.95. The second-order valence-electron chi connectivity index (χ2n) is 4.49. The summed E-state index contributed by atoms with van der Waals surface area (Å²) in [7, 11) is 0. The number of aldehydes is 1. The third-order valence-corrected chi connectivity index (χ3v) is 4.37. The Bertz CT molecular complexity index is 754. The van der Waals surface area contributed by atoms with Crippen molar-refractivity contribution in [3.8, 4) is 10.6 Å². The quantitative estimate of drug-likeness (QED) is 0.676. The number of carbonyl (C=O) groups is 1. The van der Waals surface area contributed by atoms with E-state index < -0.39 is 0 Å². The molecule has 0 aliphatic carbocycles. The molecule has 0 aliphatic rings. The van der Waals surface area contributed by atoms with Crippen LogP contribution in [0.2, 0.25) is 5.02 Å². The van der Waals surface area contributed by atoms with Gasteiger partial charge in [-0.2, -0.15) is 0 Å². The average molecular weight is 315 g/mol. The molecule has 2 heterocycles. The van der Waals surface area contributed by atoms with Crippen molar-refractivity contribution in [3.05, 3.63) is 69.9 Å². The fraction of sp³-hybridized carbons (Fsp3) is 0.0625. The Morgan fingerprint density at radius 2 is 1.81 bits per heavy atom. The van der Waals surface area contributed by atoms with E-state index in [1.54, 1.807) is 12.4 Å². The lowest BCUT2D eigenvalue weighted by Gasteiger charge is -1.99. The summed E-state index contributed by atoms with van der Waals surface area (Å²) in [6.45, 7) is 0. The van der Waals surface area contributed by atoms with Crippen LogP contribution in [-0.2, 0) is 6.42 Å². The number of thiazole rings is 1. The van der Waals surface area contributed by atoms with E-state index in [4.69, 9.17) is 11.6 Å². The molecule has 0 radical (unpaired) electrons. The molecule has 3 rings (SSSR count). The van der Waals surface area contributed by atoms with Gasteiger partial charge < -0.3 is 0 Å². The van der Waals surface area contributed by atoms with Crippen LogP contribution < -0.4 is 0 Å². The molecule has 3 aromatic rings. The van der Waals surface area contributed by atoms with Crippen molar-refractivity contribution in [2.45, 2.75) is 6.42 Å². The van der Waals surface area contributed by atoms with Crippen LogP contribution in [-0.4, -0.2) is 16.3 Å². The molecular formula is C16H11ClN2OS. The summed E-state index contributed by atoms with van der Waals surface area (Å²) in [6.07, 6.45) is 4.92. The van der Waals surface area contributed by atoms with E-state index in [2.05, 4.69) is 9.97 Å². The molecular weight excluding hydrogens is 304 g/mol. The van der Waals surface area contributed by atoms with E-state index in [1.165, 1.54) is 11.3 Å². The largest absolute Gasteiger partial charge is 0.297 e. The summed E-state index contributed by atoms with van der Waals surface area (Å²) in [4.78, 5) is 20.5. The van der Waals surface area contributed by atoms with E-state index >= 15 is 0 Å². The standard InChI is InChI=1S/C16H11ClN2OS/c17-13-3-1-11(2-4-13)9-14-15(10-20)21-16(19-14)12-5-7-18-8-6-12/h1-8,10H,9H2. The molecule has 0 unspecified atom stereocenters. The Kier molecular flexibility index (Phi) is 4.08. The molecule has 0 spiro atoms. The maximum atomic E-state index is 11.3. The van der Waals surface area contributed by atoms with E-state index in [0.29, 0.717) is 16.3 Å². The highest BCUT2D eigenvalue weighted by molar-refractivity contribution is 7.16. The molecule has 2 aromatic heterocycles. The first-order valence-electron chi connectivity index (χ1n) is 6.36. The molecule has 104 valence electrons. The number of benzene rings is 1. The summed E-state index contributed by atoms with van der Waals surface area (Å²) in [5.41, 5.74) is 2.85. The zero-order valence-electron chi connectivity index (χ0n) is 11.0. The van der Waals surface area contributed by atoms with Crippen molar-refractivity contribution in [2.75, 3.05) is 0 Å². The van der Waals surface area contributed by atoms with Crippen LogP contribution in [0.5, 0.6) is 0 Å². The number of carbonyl (C=O) groups excluding carboxylic acids is 1. The molecule has 0 N–H and O–H groups in total. The van der Waals surface area contributed by atoms with E-state index in [0.717, 1.165) is 28.1 Å². The van der Waals surface area contributed by atoms with Crippen LogP contribution in [0, 0.1) is 0 Å². The SMILES string of the molecule is O=Cc1sc(-c2ccncc2)nc1Cc1ccc(Cl)cc1. The summed E-state index contributed by atoms with van der Waals surface area (Å²) in [5.74, 6) is 0. The monoisotopic (exact) mass is 314 g/mol. The van der Waals surface area contributed by atoms with Gasteiger partial charge in [0.25, 0.3) is 0 Å². The normalized spacial score (nSPS) is 10.5. The van der Waals surface area contributed by atoms with Crippen molar-refractivity contribution >= 4 is 29.2 Å². The Morgan fingerprint density at radius 1 is 1.10 bits per heavy atom. The topological polar surface area (TPSA) is 42.9 Å². The van der Waals surface area contributed by atoms with E-state index in [9.17, 15) is 4.79 Å². The smallest absolute Gasteiger partial charge is 0.161 e. The minimum Gasteiger partial charge on any atom is -0.297 e. The number of halogens is 1. The van der Waals surface area contributed by atoms with Crippen LogP contribution in [0.4, 0.5) is 0 Å². The lowest BCUT2D eigenvalue weighted by molar-refractivity contribution is 0.112. The van der Waals surface area contributed by atoms with Crippen LogP contribution in [0.25, 0.3) is 10.6 Å². The maximum absolute atomic E-state index is 11.3. The summed E-state index contributed by atoms with van der Waals surface area (Å²) in [6, 6.07) is 11.4. The molecule has 0 saturated heterocycles. The fourth-order valence-corrected chi connectivity index (χ4v) is 3.02. The van der Waals surface area contributed by atoms with Gasteiger partial charge in [-0.25, -0.2) is 4.98 Å². The van der Waals surface area contributed by atoms with Crippen LogP contribution in [0.15, 0.2) is 48.8 Å². The van der Waals surface area contributed by atoms with Crippen molar-refractivity contribution in [1.29, 1.82) is 0 Å². The minimum absolute atomic E-state index is 0.618. The molecule has 5 heteroatoms. The first kappa shape index (κ1) is 13.9. The van der Waals surface area contributed by atoms with E-state index in [1.807, 2.05) is 36.4 Å². The van der Waals surface area contributed by atoms with Crippen molar-refractivity contribution in [2.24, 2.45) is 0 Å². The Balaban J connectivity index is 1.93. The third-order valence-electron chi connectivity index (χ3n) is 3.05. The molecule has 0 fully saturated rings. The number of hydrogen-bond acceptors (Lipinski definition) is 4. The van der Waals surface area contributed by atoms with Gasteiger partial charge in [0.1, 0.15) is 5.01 Å². The lowest BCUT2D eigenvalue weighted by Crippen LogP contribution is -1.92. The van der Waals surface area contributed by atoms with E-state index in [-0.39, 0.29) is 0 Å². The van der Waals surface area contributed by atoms with Gasteiger partial charge in [0, 0.05) is 29.4 Å². The number of nitrogens with zero attached hydrogens (tertiary/aromatic N) is 2. The third kappa shape index (κ3) is 3.17. The Labute approximate surface area is 131 Å². The fourth-order valence-electron chi connectivity index (χ4n) is 2.00. The van der Waals surface area contributed by atoms with Crippen LogP contribution >= 0.6 is 22.9 Å². The first-order chi connectivity index (χ1) is 10.3. The molecule has 3 nitrogen and oxygen atoms in total. The zero-order chi connectivity index (χ0) is 14.7. The maximum Gasteiger partial charge on any atom is 0.161 e. The summed E-state index contributed by atoms with van der Waals surface area (Å²) < 4.78 is 0. The number of aromatic nitrogens is 2. The predicted octanol–water partition coefficient (Wildman–Crippen LogP) is 4.26. The lowest BCUT2D eigenvalue weighted by atomic mass is 10.1. The molecule has 0 saturated carbocycles. The van der Waals surface area contributed by atoms with Gasteiger partial charge in [-0.15, -0.1) is 11.3 Å². The second kappa shape index (κ2) is 6.16. The van der Waals surface area contributed by atoms with Crippen molar-refractivity contribution in [1.82, 2.24) is 9.97 Å². The number of hydrogen-bond donors (Lipinski definition) is 0. The Morgan fingerprint density at radius 3 is 2.48 bits per heavy atom. The van der Waals surface area contributed by atoms with Gasteiger partial charge in [0.15, 0.2) is 6.29 Å². The van der Waals surface area contributed by atoms with Gasteiger partial charge >= 0.3 is 0 Å². The molecule has 21 heavy (non-hydrogen) atoms. The van der Waals surface area contributed by atoms with Gasteiger partial charge in [-0.1, -0.05) is 23.7 Å². The molecule has 0 atom stereocenters. The van der Waals surface area contributed by atoms with Crippen molar-refractivity contribution < 1.29 is 4.79 Å². The van der Waals surface area contributed by atoms with Gasteiger partial charge in [0.2, 0.25) is 0 Å². The van der Waals surface area contributed by atoms with Crippen LogP contribution in [0.1, 0.15) is 20.9 Å². The highest BCUT2D eigenvalue weighted by atomic mass is 35.5. The highest BCUT2D eigenvalue weighted by Gasteiger charge is 2.12. The highest BCUT2D eigenvalue weighted by Crippen LogP contribution is 2.28. The average Bonchev–Trinajstić information content (AvgIpc) is 2.93. The van der Waals surface area contributed by atoms with Crippen molar-refractivity contribution in [3.63, 3.8) is 0 Å². The van der Waals surface area contributed by atoms with Gasteiger partial charge in [0.05, 0.1) is 10.6 Å². The number of rotatable bonds is 4.